The van der Waals surface area contributed by atoms with E-state index in [1.54, 1.807) is 7.11 Å². The first-order valence-corrected chi connectivity index (χ1v) is 10.1. The van der Waals surface area contributed by atoms with Crippen molar-refractivity contribution in [2.45, 2.75) is 58.2 Å². The fourth-order valence-electron chi connectivity index (χ4n) is 3.45. The first kappa shape index (κ1) is 24.5. The number of methoxy groups -OCH3 is 1. The van der Waals surface area contributed by atoms with Crippen LogP contribution in [0.3, 0.4) is 0 Å². The molecule has 0 aliphatic carbocycles. The normalized spacial score (nSPS) is 16.6. The van der Waals surface area contributed by atoms with Gasteiger partial charge in [0.1, 0.15) is 18.2 Å². The molecule has 0 saturated carbocycles. The highest BCUT2D eigenvalue weighted by atomic mass is 127. The molecule has 0 radical (unpaired) electrons. The second kappa shape index (κ2) is 11.0. The van der Waals surface area contributed by atoms with Crippen molar-refractivity contribution in [2.75, 3.05) is 20.2 Å². The number of fused-ring (bicyclic) bond motifs is 1. The molecule has 7 nitrogen and oxygen atoms in total. The number of ether oxygens (including phenoxy) is 1. The summed E-state index contributed by atoms with van der Waals surface area (Å²) in [5.74, 6) is 2.30. The second-order valence-electron chi connectivity index (χ2n) is 8.03. The fourth-order valence-corrected chi connectivity index (χ4v) is 3.45. The lowest BCUT2D eigenvalue weighted by molar-refractivity contribution is 0.177. The van der Waals surface area contributed by atoms with Crippen molar-refractivity contribution < 1.29 is 9.13 Å². The third kappa shape index (κ3) is 6.37. The van der Waals surface area contributed by atoms with Gasteiger partial charge in [-0.25, -0.2) is 14.1 Å². The number of benzene rings is 1. The van der Waals surface area contributed by atoms with Crippen LogP contribution in [0.1, 0.15) is 44.4 Å². The number of nitrogens with zero attached hydrogens (tertiary/aromatic N) is 4. The van der Waals surface area contributed by atoms with E-state index in [2.05, 4.69) is 41.5 Å². The lowest BCUT2D eigenvalue weighted by Crippen LogP contribution is -2.47. The Kier molecular flexibility index (Phi) is 9.02. The predicted octanol–water partition coefficient (Wildman–Crippen LogP) is 3.03. The molecule has 1 unspecified atom stereocenters. The highest BCUT2D eigenvalue weighted by molar-refractivity contribution is 14.0. The van der Waals surface area contributed by atoms with Gasteiger partial charge < -0.3 is 15.4 Å². The molecule has 0 spiro atoms. The maximum absolute atomic E-state index is 13.2. The van der Waals surface area contributed by atoms with Crippen LogP contribution in [0.25, 0.3) is 0 Å². The number of aryl methyl sites for hydroxylation is 1. The first-order valence-electron chi connectivity index (χ1n) is 10.1. The summed E-state index contributed by atoms with van der Waals surface area (Å²) in [6.07, 6.45) is 1.84. The number of aliphatic imine (C=N–C) groups is 1. The van der Waals surface area contributed by atoms with Crippen LogP contribution in [0.4, 0.5) is 4.39 Å². The van der Waals surface area contributed by atoms with Gasteiger partial charge in [-0.05, 0) is 31.0 Å². The molecule has 0 fully saturated rings. The predicted molar refractivity (Wildman–Crippen MR) is 127 cm³/mol. The molecule has 2 aromatic rings. The number of hydrogen-bond donors (Lipinski definition) is 2. The van der Waals surface area contributed by atoms with Crippen molar-refractivity contribution in [1.29, 1.82) is 0 Å². The molecule has 9 heteroatoms. The van der Waals surface area contributed by atoms with Gasteiger partial charge >= 0.3 is 0 Å². The van der Waals surface area contributed by atoms with Gasteiger partial charge in [-0.2, -0.15) is 5.10 Å². The van der Waals surface area contributed by atoms with Gasteiger partial charge in [-0.1, -0.05) is 26.0 Å². The Morgan fingerprint density at radius 2 is 2.07 bits per heavy atom. The summed E-state index contributed by atoms with van der Waals surface area (Å²) >= 11 is 0. The number of rotatable bonds is 7. The van der Waals surface area contributed by atoms with Crippen LogP contribution < -0.4 is 10.6 Å². The van der Waals surface area contributed by atoms with E-state index in [1.165, 1.54) is 12.1 Å². The van der Waals surface area contributed by atoms with Gasteiger partial charge in [0.2, 0.25) is 0 Å². The molecule has 1 aromatic heterocycles. The summed E-state index contributed by atoms with van der Waals surface area (Å²) in [6, 6.07) is 6.89. The number of halogens is 2. The van der Waals surface area contributed by atoms with E-state index < -0.39 is 0 Å². The van der Waals surface area contributed by atoms with Gasteiger partial charge in [0.15, 0.2) is 11.8 Å². The third-order valence-electron chi connectivity index (χ3n) is 5.12. The number of guanidine groups is 1. The molecular formula is C21H32FIN6O. The maximum Gasteiger partial charge on any atom is 0.191 e. The summed E-state index contributed by atoms with van der Waals surface area (Å²) in [7, 11) is 1.65. The van der Waals surface area contributed by atoms with Crippen molar-refractivity contribution in [3.8, 4) is 0 Å². The van der Waals surface area contributed by atoms with E-state index >= 15 is 0 Å². The molecule has 1 atom stereocenters. The van der Waals surface area contributed by atoms with E-state index in [0.717, 1.165) is 49.1 Å². The zero-order valence-corrected chi connectivity index (χ0v) is 20.4. The monoisotopic (exact) mass is 530 g/mol. The zero-order valence-electron chi connectivity index (χ0n) is 18.1. The number of hydrogen-bond acceptors (Lipinski definition) is 4. The van der Waals surface area contributed by atoms with Crippen LogP contribution in [0.15, 0.2) is 29.3 Å². The molecule has 0 bridgehead atoms. The van der Waals surface area contributed by atoms with Gasteiger partial charge in [-0.3, -0.25) is 4.99 Å². The molecule has 2 heterocycles. The minimum Gasteiger partial charge on any atom is -0.377 e. The van der Waals surface area contributed by atoms with E-state index in [4.69, 9.17) is 9.73 Å². The number of nitrogens with one attached hydrogen (secondary N) is 2. The smallest absolute Gasteiger partial charge is 0.191 e. The summed E-state index contributed by atoms with van der Waals surface area (Å²) in [5, 5.41) is 11.4. The van der Waals surface area contributed by atoms with Gasteiger partial charge in [0.25, 0.3) is 0 Å². The minimum atomic E-state index is -0.221. The molecule has 1 aliphatic heterocycles. The summed E-state index contributed by atoms with van der Waals surface area (Å²) < 4.78 is 20.3. The quantitative estimate of drug-likeness (QED) is 0.327. The average Bonchev–Trinajstić information content (AvgIpc) is 3.09. The standard InChI is InChI=1S/C21H31FN6O.HI/c1-5-23-20(24-14-21(2,3)15-6-8-16(22)9-7-15)25-17-10-11-19-26-18(13-29-4)27-28(19)12-17;/h6-9,17H,5,10-14H2,1-4H3,(H2,23,24,25);1H. The van der Waals surface area contributed by atoms with Crippen molar-refractivity contribution in [3.05, 3.63) is 47.3 Å². The van der Waals surface area contributed by atoms with Crippen LogP contribution >= 0.6 is 24.0 Å². The molecular weight excluding hydrogens is 498 g/mol. The van der Waals surface area contributed by atoms with Crippen LogP contribution in [0.2, 0.25) is 0 Å². The van der Waals surface area contributed by atoms with Crippen molar-refractivity contribution in [3.63, 3.8) is 0 Å². The highest BCUT2D eigenvalue weighted by Crippen LogP contribution is 2.23. The molecule has 1 aromatic carbocycles. The van der Waals surface area contributed by atoms with Crippen molar-refractivity contribution in [1.82, 2.24) is 25.4 Å². The average molecular weight is 530 g/mol. The molecule has 3 rings (SSSR count). The van der Waals surface area contributed by atoms with E-state index in [-0.39, 0.29) is 41.3 Å². The fraction of sp³-hybridized carbons (Fsp3) is 0.571. The zero-order chi connectivity index (χ0) is 20.9. The molecule has 1 aliphatic rings. The van der Waals surface area contributed by atoms with Crippen LogP contribution in [-0.4, -0.2) is 47.0 Å². The Labute approximate surface area is 194 Å². The lowest BCUT2D eigenvalue weighted by atomic mass is 9.85. The van der Waals surface area contributed by atoms with Crippen LogP contribution in [-0.2, 0) is 29.7 Å². The summed E-state index contributed by atoms with van der Waals surface area (Å²) in [6.45, 7) is 8.84. The Morgan fingerprint density at radius 1 is 1.33 bits per heavy atom. The third-order valence-corrected chi connectivity index (χ3v) is 5.12. The highest BCUT2D eigenvalue weighted by Gasteiger charge is 2.24. The number of aromatic nitrogens is 3. The lowest BCUT2D eigenvalue weighted by Gasteiger charge is -2.27. The van der Waals surface area contributed by atoms with E-state index in [0.29, 0.717) is 13.2 Å². The van der Waals surface area contributed by atoms with Crippen molar-refractivity contribution in [2.24, 2.45) is 4.99 Å². The summed E-state index contributed by atoms with van der Waals surface area (Å²) in [5.41, 5.74) is 0.866. The molecule has 166 valence electrons. The Hall–Kier alpha value is -1.75. The minimum absolute atomic E-state index is 0. The molecule has 0 amide bonds. The van der Waals surface area contributed by atoms with E-state index in [1.807, 2.05) is 16.8 Å². The Balaban J connectivity index is 0.00000320. The van der Waals surface area contributed by atoms with Crippen LogP contribution in [0.5, 0.6) is 0 Å². The molecule has 2 N–H and O–H groups in total. The Bertz CT molecular complexity index is 837. The SMILES string of the molecule is CCNC(=NCC(C)(C)c1ccc(F)cc1)NC1CCc2nc(COC)nn2C1.I. The molecule has 30 heavy (non-hydrogen) atoms. The maximum atomic E-state index is 13.2. The van der Waals surface area contributed by atoms with Gasteiger partial charge in [0.05, 0.1) is 13.1 Å². The van der Waals surface area contributed by atoms with E-state index in [9.17, 15) is 4.39 Å². The molecule has 0 saturated heterocycles. The largest absolute Gasteiger partial charge is 0.377 e. The van der Waals surface area contributed by atoms with Gasteiger partial charge in [-0.15, -0.1) is 24.0 Å². The van der Waals surface area contributed by atoms with Crippen molar-refractivity contribution >= 4 is 29.9 Å². The van der Waals surface area contributed by atoms with Crippen LogP contribution in [0, 0.1) is 5.82 Å². The van der Waals surface area contributed by atoms with Gasteiger partial charge in [0, 0.05) is 31.5 Å². The second-order valence-corrected chi connectivity index (χ2v) is 8.03. The Morgan fingerprint density at radius 3 is 2.73 bits per heavy atom. The summed E-state index contributed by atoms with van der Waals surface area (Å²) in [4.78, 5) is 9.33. The first-order chi connectivity index (χ1) is 13.9. The topological polar surface area (TPSA) is 76.4 Å².